The summed E-state index contributed by atoms with van der Waals surface area (Å²) in [6, 6.07) is 6.65. The molecule has 5 heteroatoms. The van der Waals surface area contributed by atoms with Crippen molar-refractivity contribution in [1.29, 1.82) is 0 Å². The molecule has 2 aromatic rings. The van der Waals surface area contributed by atoms with Gasteiger partial charge in [-0.05, 0) is 32.0 Å². The molecule has 0 radical (unpaired) electrons. The fourth-order valence-corrected chi connectivity index (χ4v) is 2.73. The third-order valence-corrected chi connectivity index (χ3v) is 5.00. The fraction of sp³-hybridized carbons (Fsp3) is 0.357. The first-order valence-electron chi connectivity index (χ1n) is 5.98. The lowest BCUT2D eigenvalue weighted by molar-refractivity contribution is 0.0230. The van der Waals surface area contributed by atoms with Crippen LogP contribution in [0.4, 0.5) is 0 Å². The predicted molar refractivity (Wildman–Crippen MR) is 74.9 cm³/mol. The molecule has 0 amide bonds. The Morgan fingerprint density at radius 2 is 1.95 bits per heavy atom. The van der Waals surface area contributed by atoms with E-state index in [0.717, 1.165) is 5.39 Å². The van der Waals surface area contributed by atoms with E-state index in [2.05, 4.69) is 15.9 Å². The zero-order valence-electron chi connectivity index (χ0n) is 10.5. The zero-order valence-corrected chi connectivity index (χ0v) is 12.1. The number of halogens is 1. The third-order valence-electron chi connectivity index (χ3n) is 3.40. The molecule has 1 N–H and O–H groups in total. The smallest absolute Gasteiger partial charge is 0.336 e. The van der Waals surface area contributed by atoms with Gasteiger partial charge in [-0.3, -0.25) is 0 Å². The molecule has 0 saturated carbocycles. The molecule has 0 fully saturated rings. The third kappa shape index (κ3) is 1.88. The van der Waals surface area contributed by atoms with Gasteiger partial charge in [0.1, 0.15) is 23.0 Å². The van der Waals surface area contributed by atoms with Crippen molar-refractivity contribution in [3.8, 4) is 5.75 Å². The minimum Gasteiger partial charge on any atom is -0.486 e. The highest BCUT2D eigenvalue weighted by Crippen LogP contribution is 2.45. The largest absolute Gasteiger partial charge is 0.486 e. The first kappa shape index (κ1) is 12.7. The number of rotatable bonds is 0. The number of hydrogen-bond acceptors (Lipinski definition) is 4. The topological polar surface area (TPSA) is 59.7 Å². The van der Waals surface area contributed by atoms with Gasteiger partial charge in [0.25, 0.3) is 0 Å². The standard InChI is InChI=1S/C14H13BrO4/c1-14(2)13(15)11(17)10-8(19-14)5-3-7-4-6-9(16)18-12(7)10/h3-6,11,13,17H,1-2H3/t11-,13+/m0/s1. The number of aliphatic hydroxyl groups is 1. The SMILES string of the molecule is CC1(C)Oc2ccc3ccc(=O)oc3c2[C@H](O)[C@H]1Br. The molecule has 4 nitrogen and oxygen atoms in total. The van der Waals surface area contributed by atoms with E-state index in [1.54, 1.807) is 12.1 Å². The van der Waals surface area contributed by atoms with E-state index in [-0.39, 0.29) is 4.83 Å². The van der Waals surface area contributed by atoms with Gasteiger partial charge in [-0.1, -0.05) is 15.9 Å². The van der Waals surface area contributed by atoms with Crippen LogP contribution < -0.4 is 10.4 Å². The van der Waals surface area contributed by atoms with E-state index in [1.165, 1.54) is 6.07 Å². The molecule has 1 aromatic heterocycles. The Bertz CT molecular complexity index is 704. The van der Waals surface area contributed by atoms with Gasteiger partial charge < -0.3 is 14.3 Å². The molecule has 1 aliphatic heterocycles. The predicted octanol–water partition coefficient (Wildman–Crippen LogP) is 2.76. The van der Waals surface area contributed by atoms with E-state index in [4.69, 9.17) is 9.15 Å². The summed E-state index contributed by atoms with van der Waals surface area (Å²) in [6.07, 6.45) is -0.798. The molecule has 1 aromatic carbocycles. The van der Waals surface area contributed by atoms with Crippen LogP contribution in [0.3, 0.4) is 0 Å². The van der Waals surface area contributed by atoms with E-state index in [9.17, 15) is 9.90 Å². The number of hydrogen-bond donors (Lipinski definition) is 1. The van der Waals surface area contributed by atoms with Gasteiger partial charge in [0.05, 0.1) is 10.4 Å². The van der Waals surface area contributed by atoms with Crippen molar-refractivity contribution >= 4 is 26.9 Å². The Labute approximate surface area is 118 Å². The van der Waals surface area contributed by atoms with Crippen LogP contribution in [0.2, 0.25) is 0 Å². The van der Waals surface area contributed by atoms with Crippen molar-refractivity contribution < 1.29 is 14.3 Å². The highest BCUT2D eigenvalue weighted by Gasteiger charge is 2.43. The van der Waals surface area contributed by atoms with Crippen molar-refractivity contribution in [2.75, 3.05) is 0 Å². The van der Waals surface area contributed by atoms with E-state index in [1.807, 2.05) is 19.9 Å². The normalized spacial score (nSPS) is 24.8. The lowest BCUT2D eigenvalue weighted by Gasteiger charge is -2.40. The molecule has 0 unspecified atom stereocenters. The summed E-state index contributed by atoms with van der Waals surface area (Å²) >= 11 is 3.45. The number of ether oxygens (including phenoxy) is 1. The van der Waals surface area contributed by atoms with E-state index in [0.29, 0.717) is 16.9 Å². The number of alkyl halides is 1. The van der Waals surface area contributed by atoms with Crippen LogP contribution >= 0.6 is 15.9 Å². The van der Waals surface area contributed by atoms with Crippen LogP contribution in [0.5, 0.6) is 5.75 Å². The molecule has 3 rings (SSSR count). The van der Waals surface area contributed by atoms with Gasteiger partial charge in [0.15, 0.2) is 0 Å². The highest BCUT2D eigenvalue weighted by molar-refractivity contribution is 9.09. The average molecular weight is 325 g/mol. The molecule has 100 valence electrons. The Morgan fingerprint density at radius 1 is 1.26 bits per heavy atom. The van der Waals surface area contributed by atoms with Crippen molar-refractivity contribution in [2.24, 2.45) is 0 Å². The summed E-state index contributed by atoms with van der Waals surface area (Å²) in [7, 11) is 0. The number of aliphatic hydroxyl groups excluding tert-OH is 1. The van der Waals surface area contributed by atoms with Crippen LogP contribution in [0.15, 0.2) is 33.5 Å². The van der Waals surface area contributed by atoms with Crippen LogP contribution in [-0.2, 0) is 0 Å². The first-order chi connectivity index (χ1) is 8.90. The Morgan fingerprint density at radius 3 is 2.68 bits per heavy atom. The Hall–Kier alpha value is -1.33. The maximum atomic E-state index is 11.4. The van der Waals surface area contributed by atoms with E-state index < -0.39 is 17.3 Å². The number of benzene rings is 1. The second-order valence-electron chi connectivity index (χ2n) is 5.20. The quantitative estimate of drug-likeness (QED) is 0.598. The maximum Gasteiger partial charge on any atom is 0.336 e. The molecular weight excluding hydrogens is 312 g/mol. The second-order valence-corrected chi connectivity index (χ2v) is 6.19. The molecule has 0 spiro atoms. The van der Waals surface area contributed by atoms with Gasteiger partial charge in [-0.25, -0.2) is 4.79 Å². The summed E-state index contributed by atoms with van der Waals surface area (Å²) < 4.78 is 11.1. The van der Waals surface area contributed by atoms with Gasteiger partial charge in [0, 0.05) is 11.5 Å². The minimum atomic E-state index is -0.798. The number of fused-ring (bicyclic) bond motifs is 3. The summed E-state index contributed by atoms with van der Waals surface area (Å²) in [4.78, 5) is 11.1. The average Bonchev–Trinajstić information content (AvgIpc) is 2.35. The molecule has 1 aliphatic rings. The van der Waals surface area contributed by atoms with Gasteiger partial charge in [0.2, 0.25) is 0 Å². The Kier molecular flexibility index (Phi) is 2.73. The molecule has 2 atom stereocenters. The van der Waals surface area contributed by atoms with Crippen LogP contribution in [0.25, 0.3) is 11.0 Å². The fourth-order valence-electron chi connectivity index (χ4n) is 2.37. The first-order valence-corrected chi connectivity index (χ1v) is 6.89. The summed E-state index contributed by atoms with van der Waals surface area (Å²) in [6.45, 7) is 3.79. The lowest BCUT2D eigenvalue weighted by atomic mass is 9.90. The van der Waals surface area contributed by atoms with Crippen molar-refractivity contribution in [3.63, 3.8) is 0 Å². The van der Waals surface area contributed by atoms with Crippen molar-refractivity contribution in [1.82, 2.24) is 0 Å². The van der Waals surface area contributed by atoms with Crippen LogP contribution in [-0.4, -0.2) is 15.5 Å². The monoisotopic (exact) mass is 324 g/mol. The molecule has 0 saturated heterocycles. The van der Waals surface area contributed by atoms with Gasteiger partial charge in [-0.15, -0.1) is 0 Å². The minimum absolute atomic E-state index is 0.288. The molecular formula is C14H13BrO4. The molecule has 0 aliphatic carbocycles. The summed E-state index contributed by atoms with van der Waals surface area (Å²) in [5.74, 6) is 0.551. The Balaban J connectivity index is 2.33. The highest BCUT2D eigenvalue weighted by atomic mass is 79.9. The summed E-state index contributed by atoms with van der Waals surface area (Å²) in [5, 5.41) is 11.2. The van der Waals surface area contributed by atoms with Crippen molar-refractivity contribution in [3.05, 3.63) is 40.2 Å². The maximum absolute atomic E-state index is 11.4. The lowest BCUT2D eigenvalue weighted by Crippen LogP contribution is -2.45. The second kappa shape index (κ2) is 4.08. The zero-order chi connectivity index (χ0) is 13.8. The molecule has 0 bridgehead atoms. The van der Waals surface area contributed by atoms with Crippen molar-refractivity contribution in [2.45, 2.75) is 30.4 Å². The van der Waals surface area contributed by atoms with E-state index >= 15 is 0 Å². The van der Waals surface area contributed by atoms with Crippen LogP contribution in [0, 0.1) is 0 Å². The molecule has 2 heterocycles. The van der Waals surface area contributed by atoms with Crippen LogP contribution in [0.1, 0.15) is 25.5 Å². The summed E-state index contributed by atoms with van der Waals surface area (Å²) in [5.41, 5.74) is -0.0762. The molecule has 19 heavy (non-hydrogen) atoms. The van der Waals surface area contributed by atoms with Gasteiger partial charge >= 0.3 is 5.63 Å². The van der Waals surface area contributed by atoms with Gasteiger partial charge in [-0.2, -0.15) is 0 Å².